The number of aromatic nitrogens is 2. The smallest absolute Gasteiger partial charge is 0.129 e. The first kappa shape index (κ1) is 11.6. The molecule has 0 spiro atoms. The van der Waals surface area contributed by atoms with E-state index in [4.69, 9.17) is 4.74 Å². The van der Waals surface area contributed by atoms with Crippen molar-refractivity contribution in [3.8, 4) is 5.75 Å². The van der Waals surface area contributed by atoms with Gasteiger partial charge in [0.15, 0.2) is 0 Å². The lowest BCUT2D eigenvalue weighted by Gasteiger charge is -2.06. The number of aryl methyl sites for hydroxylation is 2. The van der Waals surface area contributed by atoms with Crippen LogP contribution >= 0.6 is 0 Å². The monoisotopic (exact) mass is 234 g/mol. The second-order valence-corrected chi connectivity index (χ2v) is 4.03. The highest BCUT2D eigenvalue weighted by Gasteiger charge is 2.01. The van der Waals surface area contributed by atoms with Crippen molar-refractivity contribution in [3.63, 3.8) is 0 Å². The Bertz CT molecular complexity index is 508. The van der Waals surface area contributed by atoms with E-state index in [1.54, 1.807) is 29.9 Å². The number of hydrogen-bond donors (Lipinski definition) is 0. The van der Waals surface area contributed by atoms with Gasteiger partial charge < -0.3 is 4.74 Å². The van der Waals surface area contributed by atoms with Crippen molar-refractivity contribution in [1.82, 2.24) is 9.78 Å². The Balaban J connectivity index is 1.87. The number of halogens is 1. The maximum atomic E-state index is 13.2. The summed E-state index contributed by atoms with van der Waals surface area (Å²) in [7, 11) is 1.87. The van der Waals surface area contributed by atoms with E-state index in [0.717, 1.165) is 12.0 Å². The molecular weight excluding hydrogens is 219 g/mol. The zero-order valence-corrected chi connectivity index (χ0v) is 9.98. The summed E-state index contributed by atoms with van der Waals surface area (Å²) in [6.45, 7) is 2.25. The molecule has 0 saturated heterocycles. The minimum Gasteiger partial charge on any atom is -0.493 e. The third-order valence-electron chi connectivity index (χ3n) is 2.56. The minimum atomic E-state index is -0.233. The van der Waals surface area contributed by atoms with Crippen LogP contribution in [0.1, 0.15) is 11.1 Å². The zero-order chi connectivity index (χ0) is 12.3. The molecule has 17 heavy (non-hydrogen) atoms. The van der Waals surface area contributed by atoms with Crippen LogP contribution in [-0.2, 0) is 13.5 Å². The fourth-order valence-electron chi connectivity index (χ4n) is 1.55. The maximum absolute atomic E-state index is 13.2. The Hall–Kier alpha value is -1.84. The first-order chi connectivity index (χ1) is 8.15. The lowest BCUT2D eigenvalue weighted by atomic mass is 10.2. The molecule has 0 saturated carbocycles. The molecule has 0 unspecified atom stereocenters. The van der Waals surface area contributed by atoms with Gasteiger partial charge in [0.25, 0.3) is 0 Å². The van der Waals surface area contributed by atoms with Crippen molar-refractivity contribution >= 4 is 0 Å². The molecule has 4 heteroatoms. The first-order valence-corrected chi connectivity index (χ1v) is 5.51. The van der Waals surface area contributed by atoms with Crippen LogP contribution in [0.3, 0.4) is 0 Å². The molecule has 2 aromatic rings. The van der Waals surface area contributed by atoms with E-state index in [0.29, 0.717) is 17.9 Å². The molecule has 0 atom stereocenters. The van der Waals surface area contributed by atoms with E-state index in [1.165, 1.54) is 6.07 Å². The fraction of sp³-hybridized carbons (Fsp3) is 0.308. The van der Waals surface area contributed by atoms with Crippen LogP contribution in [0.25, 0.3) is 0 Å². The van der Waals surface area contributed by atoms with Crippen LogP contribution in [0.15, 0.2) is 30.6 Å². The summed E-state index contributed by atoms with van der Waals surface area (Å²) in [6, 6.07) is 4.91. The zero-order valence-electron chi connectivity index (χ0n) is 9.98. The maximum Gasteiger partial charge on any atom is 0.129 e. The Morgan fingerprint density at radius 1 is 1.41 bits per heavy atom. The van der Waals surface area contributed by atoms with Crippen LogP contribution in [0, 0.1) is 12.7 Å². The summed E-state index contributed by atoms with van der Waals surface area (Å²) >= 11 is 0. The SMILES string of the molecule is Cc1ccc(OCCc2cnn(C)c2)cc1F. The minimum absolute atomic E-state index is 0.233. The van der Waals surface area contributed by atoms with Crippen molar-refractivity contribution in [2.75, 3.05) is 6.61 Å². The lowest BCUT2D eigenvalue weighted by Crippen LogP contribution is -2.01. The van der Waals surface area contributed by atoms with E-state index in [-0.39, 0.29) is 5.82 Å². The highest BCUT2D eigenvalue weighted by Crippen LogP contribution is 2.16. The summed E-state index contributed by atoms with van der Waals surface area (Å²) < 4.78 is 20.5. The average molecular weight is 234 g/mol. The largest absolute Gasteiger partial charge is 0.493 e. The number of ether oxygens (including phenoxy) is 1. The van der Waals surface area contributed by atoms with Crippen LogP contribution in [0.2, 0.25) is 0 Å². The molecule has 0 radical (unpaired) electrons. The summed E-state index contributed by atoms with van der Waals surface area (Å²) in [5, 5.41) is 4.07. The van der Waals surface area contributed by atoms with Gasteiger partial charge in [-0.2, -0.15) is 5.10 Å². The molecule has 1 heterocycles. The number of benzene rings is 1. The quantitative estimate of drug-likeness (QED) is 0.812. The molecule has 1 aromatic carbocycles. The molecule has 3 nitrogen and oxygen atoms in total. The summed E-state index contributed by atoms with van der Waals surface area (Å²) in [4.78, 5) is 0. The van der Waals surface area contributed by atoms with E-state index in [2.05, 4.69) is 5.10 Å². The lowest BCUT2D eigenvalue weighted by molar-refractivity contribution is 0.320. The van der Waals surface area contributed by atoms with Gasteiger partial charge in [-0.3, -0.25) is 4.68 Å². The van der Waals surface area contributed by atoms with Crippen LogP contribution in [-0.4, -0.2) is 16.4 Å². The molecule has 0 bridgehead atoms. The average Bonchev–Trinajstić information content (AvgIpc) is 2.70. The molecule has 0 aliphatic carbocycles. The summed E-state index contributed by atoms with van der Waals surface area (Å²) in [6.07, 6.45) is 4.52. The van der Waals surface area contributed by atoms with Crippen molar-refractivity contribution in [2.24, 2.45) is 7.05 Å². The molecule has 0 amide bonds. The van der Waals surface area contributed by atoms with Crippen molar-refractivity contribution < 1.29 is 9.13 Å². The van der Waals surface area contributed by atoms with Gasteiger partial charge in [-0.05, 0) is 24.1 Å². The van der Waals surface area contributed by atoms with Gasteiger partial charge in [0.2, 0.25) is 0 Å². The van der Waals surface area contributed by atoms with Gasteiger partial charge in [-0.1, -0.05) is 6.07 Å². The Morgan fingerprint density at radius 2 is 2.24 bits per heavy atom. The van der Waals surface area contributed by atoms with E-state index in [1.807, 2.05) is 13.2 Å². The molecular formula is C13H15FN2O. The normalized spacial score (nSPS) is 10.5. The Labute approximate surface area is 99.8 Å². The highest BCUT2D eigenvalue weighted by atomic mass is 19.1. The third kappa shape index (κ3) is 3.06. The second kappa shape index (κ2) is 4.99. The molecule has 90 valence electrons. The van der Waals surface area contributed by atoms with Crippen molar-refractivity contribution in [1.29, 1.82) is 0 Å². The molecule has 0 aliphatic heterocycles. The predicted octanol–water partition coefficient (Wildman–Crippen LogP) is 2.49. The van der Waals surface area contributed by atoms with Crippen LogP contribution < -0.4 is 4.74 Å². The summed E-state index contributed by atoms with van der Waals surface area (Å²) in [5.41, 5.74) is 1.74. The van der Waals surface area contributed by atoms with Gasteiger partial charge in [0.05, 0.1) is 12.8 Å². The fourth-order valence-corrected chi connectivity index (χ4v) is 1.55. The van der Waals surface area contributed by atoms with E-state index in [9.17, 15) is 4.39 Å². The number of rotatable bonds is 4. The van der Waals surface area contributed by atoms with Gasteiger partial charge in [0, 0.05) is 25.7 Å². The number of hydrogen-bond acceptors (Lipinski definition) is 2. The summed E-state index contributed by atoms with van der Waals surface area (Å²) in [5.74, 6) is 0.334. The predicted molar refractivity (Wildman–Crippen MR) is 63.5 cm³/mol. The Kier molecular flexibility index (Phi) is 3.42. The van der Waals surface area contributed by atoms with Crippen LogP contribution in [0.5, 0.6) is 5.75 Å². The van der Waals surface area contributed by atoms with E-state index >= 15 is 0 Å². The second-order valence-electron chi connectivity index (χ2n) is 4.03. The van der Waals surface area contributed by atoms with Crippen molar-refractivity contribution in [3.05, 3.63) is 47.5 Å². The van der Waals surface area contributed by atoms with Gasteiger partial charge in [0.1, 0.15) is 11.6 Å². The van der Waals surface area contributed by atoms with Gasteiger partial charge in [-0.25, -0.2) is 4.39 Å². The van der Waals surface area contributed by atoms with E-state index < -0.39 is 0 Å². The molecule has 0 N–H and O–H groups in total. The molecule has 1 aromatic heterocycles. The Morgan fingerprint density at radius 3 is 2.88 bits per heavy atom. The highest BCUT2D eigenvalue weighted by molar-refractivity contribution is 5.28. The standard InChI is InChI=1S/C13H15FN2O/c1-10-3-4-12(7-13(10)14)17-6-5-11-8-15-16(2)9-11/h3-4,7-9H,5-6H2,1-2H3. The molecule has 0 aliphatic rings. The number of nitrogens with zero attached hydrogens (tertiary/aromatic N) is 2. The topological polar surface area (TPSA) is 27.1 Å². The third-order valence-corrected chi connectivity index (χ3v) is 2.56. The van der Waals surface area contributed by atoms with Gasteiger partial charge in [-0.15, -0.1) is 0 Å². The van der Waals surface area contributed by atoms with Crippen molar-refractivity contribution in [2.45, 2.75) is 13.3 Å². The van der Waals surface area contributed by atoms with Gasteiger partial charge >= 0.3 is 0 Å². The van der Waals surface area contributed by atoms with Crippen LogP contribution in [0.4, 0.5) is 4.39 Å². The molecule has 0 fully saturated rings. The first-order valence-electron chi connectivity index (χ1n) is 5.51. The molecule has 2 rings (SSSR count).